The van der Waals surface area contributed by atoms with Crippen LogP contribution >= 0.6 is 35.6 Å². The van der Waals surface area contributed by atoms with E-state index in [-0.39, 0.29) is 24.0 Å². The number of nitrogens with zero attached hydrogens (tertiary/aromatic N) is 4. The lowest BCUT2D eigenvalue weighted by atomic mass is 10.2. The molecule has 0 saturated carbocycles. The molecule has 130 valence electrons. The minimum absolute atomic E-state index is 0. The van der Waals surface area contributed by atoms with Crippen molar-refractivity contribution in [2.45, 2.75) is 19.3 Å². The van der Waals surface area contributed by atoms with Gasteiger partial charge in [0.05, 0.1) is 0 Å². The van der Waals surface area contributed by atoms with Gasteiger partial charge < -0.3 is 14.7 Å². The summed E-state index contributed by atoms with van der Waals surface area (Å²) in [4.78, 5) is 11.0. The van der Waals surface area contributed by atoms with Crippen molar-refractivity contribution in [3.8, 4) is 11.4 Å². The highest BCUT2D eigenvalue weighted by atomic mass is 127. The molecule has 1 aromatic carbocycles. The SMILES string of the molecule is CN=C(NCCc1nc(-c2cccc(Cl)c2)no1)N1CCCC1.I. The molecule has 1 fully saturated rings. The summed E-state index contributed by atoms with van der Waals surface area (Å²) in [5.41, 5.74) is 0.855. The van der Waals surface area contributed by atoms with Gasteiger partial charge in [-0.15, -0.1) is 24.0 Å². The van der Waals surface area contributed by atoms with E-state index in [0.29, 0.717) is 29.7 Å². The van der Waals surface area contributed by atoms with Gasteiger partial charge in [-0.25, -0.2) is 0 Å². The number of likely N-dealkylation sites (tertiary alicyclic amines) is 1. The number of aromatic nitrogens is 2. The molecule has 0 bridgehead atoms. The summed E-state index contributed by atoms with van der Waals surface area (Å²) in [6.45, 7) is 2.85. The van der Waals surface area contributed by atoms with E-state index in [1.165, 1.54) is 12.8 Å². The molecule has 0 atom stereocenters. The van der Waals surface area contributed by atoms with Crippen LogP contribution in [0.1, 0.15) is 18.7 Å². The third-order valence-electron chi connectivity index (χ3n) is 3.79. The van der Waals surface area contributed by atoms with Crippen LogP contribution in [0.4, 0.5) is 0 Å². The van der Waals surface area contributed by atoms with Crippen molar-refractivity contribution in [2.75, 3.05) is 26.7 Å². The number of rotatable bonds is 4. The lowest BCUT2D eigenvalue weighted by Gasteiger charge is -2.20. The molecule has 0 spiro atoms. The van der Waals surface area contributed by atoms with Crippen LogP contribution < -0.4 is 5.32 Å². The van der Waals surface area contributed by atoms with Crippen molar-refractivity contribution < 1.29 is 4.52 Å². The van der Waals surface area contributed by atoms with Crippen LogP contribution in [0, 0.1) is 0 Å². The fraction of sp³-hybridized carbons (Fsp3) is 0.438. The van der Waals surface area contributed by atoms with E-state index in [2.05, 4.69) is 25.3 Å². The lowest BCUT2D eigenvalue weighted by molar-refractivity contribution is 0.377. The first kappa shape index (κ1) is 19.0. The number of halogens is 2. The number of hydrogen-bond acceptors (Lipinski definition) is 4. The highest BCUT2D eigenvalue weighted by Gasteiger charge is 2.15. The maximum absolute atomic E-state index is 5.98. The van der Waals surface area contributed by atoms with Crippen LogP contribution in [0.25, 0.3) is 11.4 Å². The topological polar surface area (TPSA) is 66.5 Å². The van der Waals surface area contributed by atoms with Crippen LogP contribution in [-0.2, 0) is 6.42 Å². The second kappa shape index (κ2) is 9.22. The standard InChI is InChI=1S/C16H20ClN5O.HI/c1-18-16(22-9-2-3-10-22)19-8-7-14-20-15(21-23-14)12-5-4-6-13(17)11-12;/h4-6,11H,2-3,7-10H2,1H3,(H,18,19);1H. The molecule has 1 aliphatic heterocycles. The van der Waals surface area contributed by atoms with Gasteiger partial charge in [-0.05, 0) is 25.0 Å². The van der Waals surface area contributed by atoms with Crippen molar-refractivity contribution >= 4 is 41.5 Å². The molecule has 0 amide bonds. The fourth-order valence-corrected chi connectivity index (χ4v) is 2.83. The second-order valence-electron chi connectivity index (χ2n) is 5.44. The predicted octanol–water partition coefficient (Wildman–Crippen LogP) is 3.22. The van der Waals surface area contributed by atoms with Gasteiger partial charge in [0.15, 0.2) is 5.96 Å². The van der Waals surface area contributed by atoms with Gasteiger partial charge in [0, 0.05) is 43.7 Å². The number of nitrogens with one attached hydrogen (secondary N) is 1. The summed E-state index contributed by atoms with van der Waals surface area (Å²) in [5, 5.41) is 8.01. The van der Waals surface area contributed by atoms with E-state index in [1.54, 1.807) is 0 Å². The van der Waals surface area contributed by atoms with Crippen LogP contribution in [0.2, 0.25) is 5.02 Å². The van der Waals surface area contributed by atoms with E-state index in [4.69, 9.17) is 16.1 Å². The van der Waals surface area contributed by atoms with Gasteiger partial charge in [0.1, 0.15) is 0 Å². The Labute approximate surface area is 163 Å². The Morgan fingerprint density at radius 3 is 2.88 bits per heavy atom. The summed E-state index contributed by atoms with van der Waals surface area (Å²) in [6.07, 6.45) is 3.11. The third kappa shape index (κ3) is 4.83. The smallest absolute Gasteiger partial charge is 0.228 e. The Morgan fingerprint density at radius 2 is 2.17 bits per heavy atom. The molecule has 1 aromatic heterocycles. The zero-order valence-electron chi connectivity index (χ0n) is 13.5. The molecule has 1 N–H and O–H groups in total. The molecule has 2 heterocycles. The largest absolute Gasteiger partial charge is 0.356 e. The van der Waals surface area contributed by atoms with Crippen LogP contribution in [-0.4, -0.2) is 47.7 Å². The average Bonchev–Trinajstić information content (AvgIpc) is 3.23. The zero-order chi connectivity index (χ0) is 16.1. The molecule has 0 radical (unpaired) electrons. The Balaban J connectivity index is 0.00000208. The maximum Gasteiger partial charge on any atom is 0.228 e. The third-order valence-corrected chi connectivity index (χ3v) is 4.03. The van der Waals surface area contributed by atoms with Gasteiger partial charge in [0.25, 0.3) is 0 Å². The van der Waals surface area contributed by atoms with E-state index in [1.807, 2.05) is 31.3 Å². The highest BCUT2D eigenvalue weighted by molar-refractivity contribution is 14.0. The van der Waals surface area contributed by atoms with Crippen molar-refractivity contribution in [3.05, 3.63) is 35.2 Å². The van der Waals surface area contributed by atoms with Crippen molar-refractivity contribution in [2.24, 2.45) is 4.99 Å². The first-order chi connectivity index (χ1) is 11.3. The molecule has 24 heavy (non-hydrogen) atoms. The van der Waals surface area contributed by atoms with E-state index in [0.717, 1.165) is 24.6 Å². The molecule has 0 aliphatic carbocycles. The van der Waals surface area contributed by atoms with Gasteiger partial charge in [0.2, 0.25) is 11.7 Å². The Bertz CT molecular complexity index is 685. The van der Waals surface area contributed by atoms with E-state index >= 15 is 0 Å². The first-order valence-electron chi connectivity index (χ1n) is 7.80. The molecule has 2 aromatic rings. The van der Waals surface area contributed by atoms with Crippen molar-refractivity contribution in [1.29, 1.82) is 0 Å². The highest BCUT2D eigenvalue weighted by Crippen LogP contribution is 2.19. The monoisotopic (exact) mass is 461 g/mol. The molecule has 8 heteroatoms. The van der Waals surface area contributed by atoms with Crippen LogP contribution in [0.15, 0.2) is 33.8 Å². The summed E-state index contributed by atoms with van der Waals surface area (Å²) in [6, 6.07) is 7.42. The van der Waals surface area contributed by atoms with Gasteiger partial charge in [-0.3, -0.25) is 4.99 Å². The molecule has 0 unspecified atom stereocenters. The Kier molecular flexibility index (Phi) is 7.29. The minimum atomic E-state index is 0. The molecule has 1 aliphatic rings. The molecule has 3 rings (SSSR count). The molecular formula is C16H21ClIN5O. The first-order valence-corrected chi connectivity index (χ1v) is 8.18. The Hall–Kier alpha value is -1.35. The maximum atomic E-state index is 5.98. The number of guanidine groups is 1. The number of aliphatic imine (C=N–C) groups is 1. The predicted molar refractivity (Wildman–Crippen MR) is 106 cm³/mol. The van der Waals surface area contributed by atoms with Gasteiger partial charge in [-0.1, -0.05) is 28.9 Å². The average molecular weight is 462 g/mol. The molecular weight excluding hydrogens is 441 g/mol. The summed E-state index contributed by atoms with van der Waals surface area (Å²) < 4.78 is 5.30. The molecule has 6 nitrogen and oxygen atoms in total. The summed E-state index contributed by atoms with van der Waals surface area (Å²) in [5.74, 6) is 2.10. The molecule has 1 saturated heterocycles. The van der Waals surface area contributed by atoms with Crippen molar-refractivity contribution in [3.63, 3.8) is 0 Å². The van der Waals surface area contributed by atoms with Crippen LogP contribution in [0.3, 0.4) is 0 Å². The quantitative estimate of drug-likeness (QED) is 0.430. The van der Waals surface area contributed by atoms with E-state index < -0.39 is 0 Å². The fourth-order valence-electron chi connectivity index (χ4n) is 2.64. The summed E-state index contributed by atoms with van der Waals surface area (Å²) >= 11 is 5.98. The minimum Gasteiger partial charge on any atom is -0.356 e. The van der Waals surface area contributed by atoms with Gasteiger partial charge >= 0.3 is 0 Å². The zero-order valence-corrected chi connectivity index (χ0v) is 16.6. The second-order valence-corrected chi connectivity index (χ2v) is 5.88. The summed E-state index contributed by atoms with van der Waals surface area (Å²) in [7, 11) is 1.81. The van der Waals surface area contributed by atoms with Crippen molar-refractivity contribution in [1.82, 2.24) is 20.4 Å². The lowest BCUT2D eigenvalue weighted by Crippen LogP contribution is -2.40. The number of hydrogen-bond donors (Lipinski definition) is 1. The number of benzene rings is 1. The van der Waals surface area contributed by atoms with E-state index in [9.17, 15) is 0 Å². The van der Waals surface area contributed by atoms with Gasteiger partial charge in [-0.2, -0.15) is 4.98 Å². The normalized spacial score (nSPS) is 14.6. The Morgan fingerprint density at radius 1 is 1.38 bits per heavy atom. The van der Waals surface area contributed by atoms with Crippen LogP contribution in [0.5, 0.6) is 0 Å².